The minimum absolute atomic E-state index is 0.141. The molecule has 0 spiro atoms. The lowest BCUT2D eigenvalue weighted by molar-refractivity contribution is 0.431. The minimum Gasteiger partial charge on any atom is -0.315 e. The van der Waals surface area contributed by atoms with E-state index in [-0.39, 0.29) is 5.92 Å². The van der Waals surface area contributed by atoms with Crippen molar-refractivity contribution in [2.75, 3.05) is 26.2 Å². The summed E-state index contributed by atoms with van der Waals surface area (Å²) in [6.45, 7) is 6.71. The standard InChI is InChI=1S/C17H23N3O2S/c1-13(2)15-5-4-14-12-19-8-6-16(14)17(15)23(21,22)20-10-3-7-18-9-11-20/h4-6,8,12-13,18H,3,7,9-11H2,1-2H3. The molecule has 2 aromatic rings. The lowest BCUT2D eigenvalue weighted by Gasteiger charge is -2.23. The molecular formula is C17H23N3O2S. The van der Waals surface area contributed by atoms with Crippen LogP contribution in [0.3, 0.4) is 0 Å². The summed E-state index contributed by atoms with van der Waals surface area (Å²) in [5.41, 5.74) is 0.876. The van der Waals surface area contributed by atoms with Crippen molar-refractivity contribution >= 4 is 20.8 Å². The molecule has 23 heavy (non-hydrogen) atoms. The van der Waals surface area contributed by atoms with Crippen LogP contribution in [0, 0.1) is 0 Å². The Labute approximate surface area is 137 Å². The van der Waals surface area contributed by atoms with Crippen molar-refractivity contribution in [1.82, 2.24) is 14.6 Å². The Morgan fingerprint density at radius 2 is 2.00 bits per heavy atom. The molecule has 6 heteroatoms. The number of benzene rings is 1. The lowest BCUT2D eigenvalue weighted by atomic mass is 10.00. The number of aromatic nitrogens is 1. The fourth-order valence-electron chi connectivity index (χ4n) is 3.09. The van der Waals surface area contributed by atoms with E-state index in [1.165, 1.54) is 0 Å². The first-order valence-corrected chi connectivity index (χ1v) is 9.53. The number of sulfonamides is 1. The first-order valence-electron chi connectivity index (χ1n) is 8.09. The summed E-state index contributed by atoms with van der Waals surface area (Å²) in [5, 5.41) is 4.89. The van der Waals surface area contributed by atoms with E-state index in [9.17, 15) is 8.42 Å². The summed E-state index contributed by atoms with van der Waals surface area (Å²) in [7, 11) is -3.52. The van der Waals surface area contributed by atoms with Gasteiger partial charge in [0.15, 0.2) is 0 Å². The number of nitrogens with zero attached hydrogens (tertiary/aromatic N) is 2. The van der Waals surface area contributed by atoms with Gasteiger partial charge in [-0.05, 0) is 30.5 Å². The van der Waals surface area contributed by atoms with Crippen molar-refractivity contribution in [3.05, 3.63) is 36.2 Å². The Hall–Kier alpha value is -1.50. The van der Waals surface area contributed by atoms with Gasteiger partial charge in [-0.15, -0.1) is 0 Å². The van der Waals surface area contributed by atoms with Gasteiger partial charge < -0.3 is 5.32 Å². The van der Waals surface area contributed by atoms with Crippen molar-refractivity contribution in [3.8, 4) is 0 Å². The van der Waals surface area contributed by atoms with Crippen molar-refractivity contribution in [3.63, 3.8) is 0 Å². The molecule has 5 nitrogen and oxygen atoms in total. The van der Waals surface area contributed by atoms with Crippen molar-refractivity contribution in [2.24, 2.45) is 0 Å². The van der Waals surface area contributed by atoms with Crippen LogP contribution in [-0.2, 0) is 10.0 Å². The normalized spacial score (nSPS) is 17.5. The second-order valence-corrected chi connectivity index (χ2v) is 8.12. The van der Waals surface area contributed by atoms with E-state index in [0.717, 1.165) is 29.3 Å². The molecule has 0 atom stereocenters. The maximum atomic E-state index is 13.4. The molecule has 1 fully saturated rings. The van der Waals surface area contributed by atoms with Crippen LogP contribution in [0.25, 0.3) is 10.8 Å². The van der Waals surface area contributed by atoms with Crippen molar-refractivity contribution in [2.45, 2.75) is 31.1 Å². The van der Waals surface area contributed by atoms with E-state index in [0.29, 0.717) is 24.5 Å². The Morgan fingerprint density at radius 1 is 1.17 bits per heavy atom. The van der Waals surface area contributed by atoms with E-state index < -0.39 is 10.0 Å². The number of rotatable bonds is 3. The molecular weight excluding hydrogens is 310 g/mol. The van der Waals surface area contributed by atoms with E-state index >= 15 is 0 Å². The zero-order valence-electron chi connectivity index (χ0n) is 13.6. The Balaban J connectivity index is 2.21. The maximum Gasteiger partial charge on any atom is 0.244 e. The van der Waals surface area contributed by atoms with Crippen LogP contribution in [-0.4, -0.2) is 43.9 Å². The zero-order valence-corrected chi connectivity index (χ0v) is 14.4. The minimum atomic E-state index is -3.52. The van der Waals surface area contributed by atoms with Crippen molar-refractivity contribution < 1.29 is 8.42 Å². The molecule has 0 aliphatic carbocycles. The molecule has 2 heterocycles. The van der Waals surface area contributed by atoms with Gasteiger partial charge in [0.25, 0.3) is 0 Å². The van der Waals surface area contributed by atoms with Crippen LogP contribution >= 0.6 is 0 Å². The molecule has 1 N–H and O–H groups in total. The topological polar surface area (TPSA) is 62.3 Å². The largest absolute Gasteiger partial charge is 0.315 e. The number of nitrogens with one attached hydrogen (secondary N) is 1. The van der Waals surface area contributed by atoms with Crippen LogP contribution in [0.5, 0.6) is 0 Å². The van der Waals surface area contributed by atoms with Gasteiger partial charge in [-0.3, -0.25) is 4.98 Å². The predicted octanol–water partition coefficient (Wildman–Crippen LogP) is 2.34. The molecule has 1 aliphatic heterocycles. The molecule has 1 aromatic carbocycles. The highest BCUT2D eigenvalue weighted by Crippen LogP contribution is 2.33. The number of hydrogen-bond acceptors (Lipinski definition) is 4. The highest BCUT2D eigenvalue weighted by molar-refractivity contribution is 7.89. The Bertz CT molecular complexity index is 795. The highest BCUT2D eigenvalue weighted by atomic mass is 32.2. The Morgan fingerprint density at radius 3 is 2.78 bits per heavy atom. The lowest BCUT2D eigenvalue weighted by Crippen LogP contribution is -2.35. The van der Waals surface area contributed by atoms with Gasteiger partial charge in [0.1, 0.15) is 0 Å². The van der Waals surface area contributed by atoms with Crippen molar-refractivity contribution in [1.29, 1.82) is 0 Å². The van der Waals surface area contributed by atoms with Crippen LogP contribution in [0.4, 0.5) is 0 Å². The van der Waals surface area contributed by atoms with Gasteiger partial charge in [-0.1, -0.05) is 26.0 Å². The molecule has 1 saturated heterocycles. The van der Waals surface area contributed by atoms with Crippen LogP contribution in [0.1, 0.15) is 31.7 Å². The zero-order chi connectivity index (χ0) is 16.4. The second kappa shape index (κ2) is 6.55. The van der Waals surface area contributed by atoms with E-state index in [2.05, 4.69) is 10.3 Å². The average Bonchev–Trinajstić information content (AvgIpc) is 2.83. The smallest absolute Gasteiger partial charge is 0.244 e. The Kier molecular flexibility index (Phi) is 4.66. The third-order valence-corrected chi connectivity index (χ3v) is 6.34. The predicted molar refractivity (Wildman–Crippen MR) is 92.1 cm³/mol. The summed E-state index contributed by atoms with van der Waals surface area (Å²) in [6, 6.07) is 5.70. The molecule has 3 rings (SSSR count). The summed E-state index contributed by atoms with van der Waals surface area (Å²) >= 11 is 0. The highest BCUT2D eigenvalue weighted by Gasteiger charge is 2.30. The van der Waals surface area contributed by atoms with E-state index in [4.69, 9.17) is 0 Å². The van der Waals surface area contributed by atoms with Gasteiger partial charge in [0, 0.05) is 42.8 Å². The first kappa shape index (κ1) is 16.4. The molecule has 0 amide bonds. The molecule has 124 valence electrons. The van der Waals surface area contributed by atoms with Crippen LogP contribution < -0.4 is 5.32 Å². The summed E-state index contributed by atoms with van der Waals surface area (Å²) in [4.78, 5) is 4.57. The number of hydrogen-bond donors (Lipinski definition) is 1. The average molecular weight is 333 g/mol. The molecule has 1 aromatic heterocycles. The fourth-order valence-corrected chi connectivity index (χ4v) is 5.11. The van der Waals surface area contributed by atoms with Gasteiger partial charge >= 0.3 is 0 Å². The molecule has 1 aliphatic rings. The fraction of sp³-hybridized carbons (Fsp3) is 0.471. The number of fused-ring (bicyclic) bond motifs is 1. The molecule has 0 unspecified atom stereocenters. The summed E-state index contributed by atoms with van der Waals surface area (Å²) < 4.78 is 28.3. The van der Waals surface area contributed by atoms with Gasteiger partial charge in [0.05, 0.1) is 4.90 Å². The monoisotopic (exact) mass is 333 g/mol. The maximum absolute atomic E-state index is 13.4. The summed E-state index contributed by atoms with van der Waals surface area (Å²) in [6.07, 6.45) is 4.22. The second-order valence-electron chi connectivity index (χ2n) is 6.24. The van der Waals surface area contributed by atoms with E-state index in [1.807, 2.05) is 32.0 Å². The van der Waals surface area contributed by atoms with Gasteiger partial charge in [0.2, 0.25) is 10.0 Å². The van der Waals surface area contributed by atoms with Crippen LogP contribution in [0.15, 0.2) is 35.5 Å². The molecule has 0 radical (unpaired) electrons. The van der Waals surface area contributed by atoms with Gasteiger partial charge in [-0.2, -0.15) is 4.31 Å². The van der Waals surface area contributed by atoms with E-state index in [1.54, 1.807) is 16.7 Å². The first-order chi connectivity index (χ1) is 11.0. The SMILES string of the molecule is CC(C)c1ccc2cnccc2c1S(=O)(=O)N1CCCNCC1. The number of pyridine rings is 1. The molecule has 0 saturated carbocycles. The quantitative estimate of drug-likeness (QED) is 0.936. The van der Waals surface area contributed by atoms with Gasteiger partial charge in [-0.25, -0.2) is 8.42 Å². The van der Waals surface area contributed by atoms with Crippen LogP contribution in [0.2, 0.25) is 0 Å². The third-order valence-electron chi connectivity index (χ3n) is 4.32. The summed E-state index contributed by atoms with van der Waals surface area (Å²) in [5.74, 6) is 0.141. The molecule has 0 bridgehead atoms. The third kappa shape index (κ3) is 3.11.